The fraction of sp³-hybridized carbons (Fsp3) is 0.444. The number of hydrogen-bond acceptors (Lipinski definition) is 4. The summed E-state index contributed by atoms with van der Waals surface area (Å²) in [5.41, 5.74) is 0. The minimum atomic E-state index is 0.328. The molecule has 0 aromatic carbocycles. The van der Waals surface area contributed by atoms with Gasteiger partial charge in [0.15, 0.2) is 0 Å². The van der Waals surface area contributed by atoms with Crippen LogP contribution in [0.3, 0.4) is 0 Å². The van der Waals surface area contributed by atoms with Gasteiger partial charge in [-0.2, -0.15) is 4.98 Å². The average Bonchev–Trinajstić information content (AvgIpc) is 2.25. The summed E-state index contributed by atoms with van der Waals surface area (Å²) in [6.07, 6.45) is 0. The number of ether oxygens (including phenoxy) is 2. The number of thioether (sulfide) groups is 1. The predicted molar refractivity (Wildman–Crippen MR) is 63.8 cm³/mol. The van der Waals surface area contributed by atoms with Gasteiger partial charge < -0.3 is 9.47 Å². The van der Waals surface area contributed by atoms with Gasteiger partial charge in [0.05, 0.1) is 19.1 Å². The first kappa shape index (κ1) is 12.7. The molecule has 0 spiro atoms. The fourth-order valence-corrected chi connectivity index (χ4v) is 2.54. The van der Waals surface area contributed by atoms with E-state index in [0.717, 1.165) is 10.6 Å². The maximum atomic E-state index is 6.07. The Morgan fingerprint density at radius 1 is 1.13 bits per heavy atom. The fourth-order valence-electron chi connectivity index (χ4n) is 1.02. The van der Waals surface area contributed by atoms with Crippen LogP contribution in [0.5, 0.6) is 11.8 Å². The van der Waals surface area contributed by atoms with Crippen molar-refractivity contribution in [1.29, 1.82) is 0 Å². The van der Waals surface area contributed by atoms with Crippen LogP contribution < -0.4 is 9.47 Å². The van der Waals surface area contributed by atoms with E-state index in [0.29, 0.717) is 21.8 Å². The molecule has 3 nitrogen and oxygen atoms in total. The lowest BCUT2D eigenvalue weighted by Gasteiger charge is -2.11. The zero-order chi connectivity index (χ0) is 11.4. The quantitative estimate of drug-likeness (QED) is 0.782. The number of hydrogen-bond donors (Lipinski definition) is 0. The third-order valence-corrected chi connectivity index (χ3v) is 3.56. The van der Waals surface area contributed by atoms with Gasteiger partial charge in [0.2, 0.25) is 11.8 Å². The number of nitrogens with zero attached hydrogens (tertiary/aromatic N) is 1. The van der Waals surface area contributed by atoms with Gasteiger partial charge in [-0.1, -0.05) is 30.1 Å². The van der Waals surface area contributed by atoms with E-state index in [1.165, 1.54) is 26.0 Å². The third kappa shape index (κ3) is 2.62. The van der Waals surface area contributed by atoms with Crippen molar-refractivity contribution in [2.45, 2.75) is 11.8 Å². The topological polar surface area (TPSA) is 31.4 Å². The first-order valence-corrected chi connectivity index (χ1v) is 5.99. The molecule has 0 saturated carbocycles. The van der Waals surface area contributed by atoms with Gasteiger partial charge in [-0.15, -0.1) is 11.8 Å². The van der Waals surface area contributed by atoms with E-state index >= 15 is 0 Å². The summed E-state index contributed by atoms with van der Waals surface area (Å²) in [5, 5.41) is 0.852. The first-order chi connectivity index (χ1) is 7.15. The highest BCUT2D eigenvalue weighted by Gasteiger charge is 2.18. The molecule has 0 aliphatic carbocycles. The molecule has 0 fully saturated rings. The van der Waals surface area contributed by atoms with E-state index in [9.17, 15) is 0 Å². The van der Waals surface area contributed by atoms with Crippen LogP contribution in [0, 0.1) is 0 Å². The standard InChI is InChI=1S/C9H11Cl2NO2S/c1-4-15-7-5(10)8(13-2)12-9(14-3)6(7)11/h4H2,1-3H3. The lowest BCUT2D eigenvalue weighted by molar-refractivity contribution is 0.363. The summed E-state index contributed by atoms with van der Waals surface area (Å²) < 4.78 is 10.1. The number of aromatic nitrogens is 1. The molecule has 0 aliphatic heterocycles. The third-order valence-electron chi connectivity index (χ3n) is 1.65. The predicted octanol–water partition coefficient (Wildman–Crippen LogP) is 3.52. The molecule has 0 saturated heterocycles. The summed E-state index contributed by atoms with van der Waals surface area (Å²) in [7, 11) is 3.00. The van der Waals surface area contributed by atoms with Crippen LogP contribution in [0.2, 0.25) is 10.0 Å². The molecule has 0 radical (unpaired) electrons. The Kier molecular flexibility index (Phi) is 4.83. The highest BCUT2D eigenvalue weighted by atomic mass is 35.5. The Morgan fingerprint density at radius 3 is 1.93 bits per heavy atom. The van der Waals surface area contributed by atoms with Crippen molar-refractivity contribution in [2.75, 3.05) is 20.0 Å². The molecule has 0 bridgehead atoms. The first-order valence-electron chi connectivity index (χ1n) is 4.25. The maximum absolute atomic E-state index is 6.07. The van der Waals surface area contributed by atoms with Crippen molar-refractivity contribution in [3.63, 3.8) is 0 Å². The van der Waals surface area contributed by atoms with E-state index in [1.807, 2.05) is 6.92 Å². The molecular weight excluding hydrogens is 257 g/mol. The largest absolute Gasteiger partial charge is 0.480 e. The van der Waals surface area contributed by atoms with Crippen LogP contribution in [0.1, 0.15) is 6.92 Å². The second kappa shape index (κ2) is 5.68. The average molecular weight is 268 g/mol. The minimum Gasteiger partial charge on any atom is -0.480 e. The van der Waals surface area contributed by atoms with Gasteiger partial charge in [0, 0.05) is 0 Å². The van der Waals surface area contributed by atoms with E-state index in [4.69, 9.17) is 32.7 Å². The molecule has 0 unspecified atom stereocenters. The normalized spacial score (nSPS) is 10.2. The molecule has 6 heteroatoms. The monoisotopic (exact) mass is 267 g/mol. The molecular formula is C9H11Cl2NO2S. The van der Waals surface area contributed by atoms with Gasteiger partial charge in [-0.25, -0.2) is 0 Å². The zero-order valence-corrected chi connectivity index (χ0v) is 11.0. The lowest BCUT2D eigenvalue weighted by Crippen LogP contribution is -1.96. The summed E-state index contributed by atoms with van der Waals surface area (Å²) in [6.45, 7) is 2.01. The molecule has 0 amide bonds. The Labute approximate surface area is 103 Å². The Bertz CT molecular complexity index is 332. The summed E-state index contributed by atoms with van der Waals surface area (Å²) >= 11 is 13.7. The summed E-state index contributed by atoms with van der Waals surface area (Å²) in [4.78, 5) is 4.77. The molecule has 1 aromatic rings. The molecule has 0 N–H and O–H groups in total. The van der Waals surface area contributed by atoms with Crippen molar-refractivity contribution < 1.29 is 9.47 Å². The smallest absolute Gasteiger partial charge is 0.236 e. The zero-order valence-electron chi connectivity index (χ0n) is 8.63. The summed E-state index contributed by atoms with van der Waals surface area (Å²) in [6, 6.07) is 0. The second-order valence-electron chi connectivity index (χ2n) is 2.52. The summed E-state index contributed by atoms with van der Waals surface area (Å²) in [5.74, 6) is 1.51. The molecule has 84 valence electrons. The molecule has 1 aromatic heterocycles. The van der Waals surface area contributed by atoms with Crippen molar-refractivity contribution in [1.82, 2.24) is 4.98 Å². The van der Waals surface area contributed by atoms with Crippen molar-refractivity contribution >= 4 is 35.0 Å². The Morgan fingerprint density at radius 2 is 1.60 bits per heavy atom. The number of rotatable bonds is 4. The Hall–Kier alpha value is -0.320. The van der Waals surface area contributed by atoms with Gasteiger partial charge in [-0.05, 0) is 5.75 Å². The van der Waals surface area contributed by atoms with E-state index in [2.05, 4.69) is 4.98 Å². The van der Waals surface area contributed by atoms with Crippen molar-refractivity contribution in [2.24, 2.45) is 0 Å². The molecule has 1 rings (SSSR count). The van der Waals surface area contributed by atoms with E-state index in [1.54, 1.807) is 0 Å². The van der Waals surface area contributed by atoms with Crippen LogP contribution in [0.15, 0.2) is 4.90 Å². The second-order valence-corrected chi connectivity index (χ2v) is 4.55. The van der Waals surface area contributed by atoms with Crippen LogP contribution >= 0.6 is 35.0 Å². The lowest BCUT2D eigenvalue weighted by atomic mass is 10.4. The highest BCUT2D eigenvalue weighted by molar-refractivity contribution is 7.99. The van der Waals surface area contributed by atoms with Crippen LogP contribution in [-0.2, 0) is 0 Å². The maximum Gasteiger partial charge on any atom is 0.236 e. The Balaban J connectivity index is 3.32. The van der Waals surface area contributed by atoms with Gasteiger partial charge >= 0.3 is 0 Å². The number of halogens is 2. The highest BCUT2D eigenvalue weighted by Crippen LogP contribution is 2.42. The SMILES string of the molecule is CCSc1c(Cl)c(OC)nc(OC)c1Cl. The van der Waals surface area contributed by atoms with Gasteiger partial charge in [-0.3, -0.25) is 0 Å². The molecule has 1 heterocycles. The number of methoxy groups -OCH3 is 2. The number of pyridine rings is 1. The van der Waals surface area contributed by atoms with Crippen molar-refractivity contribution in [3.05, 3.63) is 10.0 Å². The van der Waals surface area contributed by atoms with Gasteiger partial charge in [0.25, 0.3) is 0 Å². The molecule has 0 atom stereocenters. The van der Waals surface area contributed by atoms with Gasteiger partial charge in [0.1, 0.15) is 10.0 Å². The van der Waals surface area contributed by atoms with Crippen LogP contribution in [0.25, 0.3) is 0 Å². The van der Waals surface area contributed by atoms with Crippen LogP contribution in [0.4, 0.5) is 0 Å². The molecule has 0 aliphatic rings. The molecule has 15 heavy (non-hydrogen) atoms. The minimum absolute atomic E-state index is 0.328. The van der Waals surface area contributed by atoms with Crippen LogP contribution in [-0.4, -0.2) is 25.0 Å². The van der Waals surface area contributed by atoms with E-state index in [-0.39, 0.29) is 0 Å². The van der Waals surface area contributed by atoms with Crippen molar-refractivity contribution in [3.8, 4) is 11.8 Å². The van der Waals surface area contributed by atoms with E-state index < -0.39 is 0 Å².